The van der Waals surface area contributed by atoms with Gasteiger partial charge in [0.15, 0.2) is 0 Å². The van der Waals surface area contributed by atoms with Crippen LogP contribution in [0.3, 0.4) is 0 Å². The molecule has 0 N–H and O–H groups in total. The fraction of sp³-hybridized carbons (Fsp3) is 0.111. The van der Waals surface area contributed by atoms with Gasteiger partial charge in [-0.2, -0.15) is 10.2 Å². The summed E-state index contributed by atoms with van der Waals surface area (Å²) in [5.74, 6) is -0.0618. The van der Waals surface area contributed by atoms with Crippen molar-refractivity contribution >= 4 is 87.9 Å². The number of hydrogen-bond acceptors (Lipinski definition) is 4. The standard InChI is InChI=1S/2C27H20N2O/c2*1-17(30)29-25(16-24(28-29)18-6-3-2-4-7-18)22-14-12-21-11-10-19-8-5-9-20-13-15-23(22)27(21)26(19)20/h2*2-15,25H,16H2,1H3/t2*25-/m11/s1. The number of benzene rings is 10. The van der Waals surface area contributed by atoms with Crippen LogP contribution in [0.4, 0.5) is 0 Å². The Morgan fingerprint density at radius 1 is 0.400 bits per heavy atom. The van der Waals surface area contributed by atoms with E-state index in [-0.39, 0.29) is 23.9 Å². The van der Waals surface area contributed by atoms with Crippen molar-refractivity contribution in [2.75, 3.05) is 0 Å². The van der Waals surface area contributed by atoms with Gasteiger partial charge in [0.05, 0.1) is 23.5 Å². The lowest BCUT2D eigenvalue weighted by molar-refractivity contribution is -0.131. The van der Waals surface area contributed by atoms with E-state index in [0.29, 0.717) is 12.8 Å². The van der Waals surface area contributed by atoms with E-state index in [0.717, 1.165) is 33.7 Å². The van der Waals surface area contributed by atoms with Gasteiger partial charge in [-0.1, -0.05) is 170 Å². The number of rotatable bonds is 4. The van der Waals surface area contributed by atoms with E-state index in [1.807, 2.05) is 36.4 Å². The molecule has 0 saturated carbocycles. The minimum absolute atomic E-state index is 0.0309. The van der Waals surface area contributed by atoms with Crippen molar-refractivity contribution in [3.8, 4) is 0 Å². The van der Waals surface area contributed by atoms with E-state index in [9.17, 15) is 9.59 Å². The Morgan fingerprint density at radius 2 is 0.733 bits per heavy atom. The third-order valence-electron chi connectivity index (χ3n) is 12.5. The molecule has 0 bridgehead atoms. The Balaban J connectivity index is 0.000000136. The van der Waals surface area contributed by atoms with Crippen molar-refractivity contribution in [3.05, 3.63) is 192 Å². The molecule has 0 saturated heterocycles. The van der Waals surface area contributed by atoms with E-state index in [1.54, 1.807) is 23.9 Å². The molecule has 0 aliphatic carbocycles. The highest BCUT2D eigenvalue weighted by molar-refractivity contribution is 6.25. The molecule has 0 aromatic heterocycles. The molecule has 10 aromatic carbocycles. The molecule has 12 rings (SSSR count). The summed E-state index contributed by atoms with van der Waals surface area (Å²) in [6.45, 7) is 3.20. The zero-order valence-corrected chi connectivity index (χ0v) is 33.3. The second-order valence-electron chi connectivity index (χ2n) is 16.0. The van der Waals surface area contributed by atoms with Crippen LogP contribution < -0.4 is 0 Å². The molecule has 2 atom stereocenters. The van der Waals surface area contributed by atoms with Gasteiger partial charge in [-0.3, -0.25) is 9.59 Å². The van der Waals surface area contributed by atoms with Crippen molar-refractivity contribution in [1.82, 2.24) is 10.0 Å². The van der Waals surface area contributed by atoms with Crippen LogP contribution in [0.5, 0.6) is 0 Å². The minimum atomic E-state index is -0.0951. The average Bonchev–Trinajstić information content (AvgIpc) is 3.95. The summed E-state index contributed by atoms with van der Waals surface area (Å²) in [6, 6.07) is 59.3. The molecule has 0 fully saturated rings. The van der Waals surface area contributed by atoms with E-state index in [1.165, 1.54) is 64.6 Å². The fourth-order valence-corrected chi connectivity index (χ4v) is 9.79. The van der Waals surface area contributed by atoms with E-state index in [4.69, 9.17) is 10.2 Å². The Kier molecular flexibility index (Phi) is 8.41. The molecule has 0 unspecified atom stereocenters. The summed E-state index contributed by atoms with van der Waals surface area (Å²) in [6.07, 6.45) is 1.43. The number of carbonyl (C=O) groups excluding carboxylic acids is 2. The largest absolute Gasteiger partial charge is 0.273 e. The Morgan fingerprint density at radius 3 is 1.10 bits per heavy atom. The quantitative estimate of drug-likeness (QED) is 0.167. The first kappa shape index (κ1) is 35.7. The predicted molar refractivity (Wildman–Crippen MR) is 246 cm³/mol. The lowest BCUT2D eigenvalue weighted by Crippen LogP contribution is -2.24. The van der Waals surface area contributed by atoms with E-state index < -0.39 is 0 Å². The summed E-state index contributed by atoms with van der Waals surface area (Å²) in [5, 5.41) is 27.8. The molecular formula is C54H40N4O2. The van der Waals surface area contributed by atoms with Crippen molar-refractivity contribution in [3.63, 3.8) is 0 Å². The second-order valence-corrected chi connectivity index (χ2v) is 16.0. The number of nitrogens with zero attached hydrogens (tertiary/aromatic N) is 4. The lowest BCUT2D eigenvalue weighted by atomic mass is 9.88. The van der Waals surface area contributed by atoms with Crippen LogP contribution in [-0.4, -0.2) is 33.3 Å². The first-order valence-corrected chi connectivity index (χ1v) is 20.6. The highest BCUT2D eigenvalue weighted by Gasteiger charge is 2.34. The van der Waals surface area contributed by atoms with Crippen molar-refractivity contribution in [1.29, 1.82) is 0 Å². The van der Waals surface area contributed by atoms with Gasteiger partial charge in [0, 0.05) is 26.7 Å². The number of hydrazone groups is 2. The van der Waals surface area contributed by atoms with Crippen LogP contribution in [0.2, 0.25) is 0 Å². The molecule has 60 heavy (non-hydrogen) atoms. The lowest BCUT2D eigenvalue weighted by Gasteiger charge is -2.23. The molecule has 0 spiro atoms. The highest BCUT2D eigenvalue weighted by Crippen LogP contribution is 2.43. The maximum atomic E-state index is 12.5. The molecule has 2 aliphatic heterocycles. The summed E-state index contributed by atoms with van der Waals surface area (Å²) in [7, 11) is 0. The van der Waals surface area contributed by atoms with Crippen LogP contribution in [0.1, 0.15) is 61.0 Å². The minimum Gasteiger partial charge on any atom is -0.273 e. The van der Waals surface area contributed by atoms with Gasteiger partial charge in [-0.25, -0.2) is 10.0 Å². The zero-order valence-electron chi connectivity index (χ0n) is 33.3. The molecule has 2 heterocycles. The molecule has 6 nitrogen and oxygen atoms in total. The zero-order chi connectivity index (χ0) is 40.5. The topological polar surface area (TPSA) is 65.3 Å². The fourth-order valence-electron chi connectivity index (χ4n) is 9.79. The molecule has 6 heteroatoms. The Labute approximate surface area is 347 Å². The van der Waals surface area contributed by atoms with Crippen LogP contribution in [0.25, 0.3) is 64.6 Å². The van der Waals surface area contributed by atoms with Crippen molar-refractivity contribution in [2.24, 2.45) is 10.2 Å². The third-order valence-corrected chi connectivity index (χ3v) is 12.5. The van der Waals surface area contributed by atoms with Crippen molar-refractivity contribution in [2.45, 2.75) is 38.8 Å². The van der Waals surface area contributed by atoms with Crippen LogP contribution >= 0.6 is 0 Å². The average molecular weight is 777 g/mol. The molecule has 2 aliphatic rings. The first-order valence-electron chi connectivity index (χ1n) is 20.6. The predicted octanol–water partition coefficient (Wildman–Crippen LogP) is 12.6. The van der Waals surface area contributed by atoms with Crippen molar-refractivity contribution < 1.29 is 9.59 Å². The van der Waals surface area contributed by atoms with Gasteiger partial charge >= 0.3 is 0 Å². The maximum absolute atomic E-state index is 12.5. The molecule has 288 valence electrons. The Bertz CT molecular complexity index is 3100. The van der Waals surface area contributed by atoms with Gasteiger partial charge in [0.2, 0.25) is 11.8 Å². The SMILES string of the molecule is CC(=O)N1N=C(c2ccccc2)C[C@@H]1c1ccc2ccc3cccc4ccc1c2c34.CC(=O)N1N=C(c2ccccc2)C[C@@H]1c1ccc2ccc3cccc4ccc1c2c34. The smallest absolute Gasteiger partial charge is 0.240 e. The molecule has 10 aromatic rings. The van der Waals surface area contributed by atoms with Gasteiger partial charge in [-0.05, 0) is 86.9 Å². The maximum Gasteiger partial charge on any atom is 0.240 e. The first-order chi connectivity index (χ1) is 29.4. The summed E-state index contributed by atoms with van der Waals surface area (Å²) < 4.78 is 0. The Hall–Kier alpha value is -7.44. The monoisotopic (exact) mass is 776 g/mol. The molecular weight excluding hydrogens is 737 g/mol. The number of hydrogen-bond donors (Lipinski definition) is 0. The summed E-state index contributed by atoms with van der Waals surface area (Å²) in [5.41, 5.74) is 6.38. The molecule has 2 amide bonds. The van der Waals surface area contributed by atoms with Crippen LogP contribution in [0.15, 0.2) is 180 Å². The summed E-state index contributed by atoms with van der Waals surface area (Å²) in [4.78, 5) is 25.0. The highest BCUT2D eigenvalue weighted by atomic mass is 16.2. The van der Waals surface area contributed by atoms with Gasteiger partial charge in [0.25, 0.3) is 0 Å². The molecule has 0 radical (unpaired) electrons. The van der Waals surface area contributed by atoms with Gasteiger partial charge < -0.3 is 0 Å². The van der Waals surface area contributed by atoms with Crippen LogP contribution in [0, 0.1) is 0 Å². The third kappa shape index (κ3) is 5.78. The van der Waals surface area contributed by atoms with Crippen LogP contribution in [-0.2, 0) is 9.59 Å². The number of amides is 2. The van der Waals surface area contributed by atoms with Gasteiger partial charge in [-0.15, -0.1) is 0 Å². The van der Waals surface area contributed by atoms with E-state index in [2.05, 4.69) is 133 Å². The number of carbonyl (C=O) groups is 2. The normalized spacial score (nSPS) is 16.6. The van der Waals surface area contributed by atoms with Gasteiger partial charge in [0.1, 0.15) is 0 Å². The summed E-state index contributed by atoms with van der Waals surface area (Å²) >= 11 is 0. The second kappa shape index (κ2) is 14.1. The van der Waals surface area contributed by atoms with E-state index >= 15 is 0 Å².